The second-order valence-corrected chi connectivity index (χ2v) is 5.48. The van der Waals surface area contributed by atoms with E-state index in [9.17, 15) is 4.21 Å². The molecule has 1 aromatic carbocycles. The first kappa shape index (κ1) is 10.2. The molecule has 0 aliphatic carbocycles. The Morgan fingerprint density at radius 2 is 1.77 bits per heavy atom. The van der Waals surface area contributed by atoms with Crippen LogP contribution in [0.15, 0.2) is 17.0 Å². The Morgan fingerprint density at radius 1 is 1.38 bits per heavy atom. The molecular formula is C7H10N2O2S2. The molecule has 0 aliphatic rings. The van der Waals surface area contributed by atoms with E-state index in [2.05, 4.69) is 11.2 Å². The van der Waals surface area contributed by atoms with Gasteiger partial charge in [-0.05, 0) is 24.6 Å². The molecule has 13 heavy (non-hydrogen) atoms. The average molecular weight is 218 g/mol. The van der Waals surface area contributed by atoms with Gasteiger partial charge in [0.15, 0.2) is 8.77 Å². The molecule has 0 heterocycles. The first-order chi connectivity index (χ1) is 5.82. The van der Waals surface area contributed by atoms with Crippen LogP contribution in [0.3, 0.4) is 0 Å². The van der Waals surface area contributed by atoms with E-state index in [0.717, 1.165) is 0 Å². The molecule has 1 unspecified atom stereocenters. The van der Waals surface area contributed by atoms with Crippen molar-refractivity contribution >= 4 is 31.3 Å². The molecule has 0 fully saturated rings. The van der Waals surface area contributed by atoms with Gasteiger partial charge in [0.1, 0.15) is 0 Å². The van der Waals surface area contributed by atoms with Crippen molar-refractivity contribution in [3.05, 3.63) is 17.7 Å². The van der Waals surface area contributed by atoms with E-state index < -0.39 is 8.77 Å². The fraction of sp³-hybridized carbons (Fsp3) is 0.143. The highest BCUT2D eigenvalue weighted by Gasteiger charge is 2.09. The summed E-state index contributed by atoms with van der Waals surface area (Å²) >= 11 is 4.39. The molecule has 0 spiro atoms. The summed E-state index contributed by atoms with van der Waals surface area (Å²) in [4.78, 5) is 0.0862. The van der Waals surface area contributed by atoms with E-state index in [4.69, 9.17) is 16.0 Å². The number of rotatable bonds is 1. The topological polar surface area (TPSA) is 89.3 Å². The van der Waals surface area contributed by atoms with Crippen molar-refractivity contribution in [2.24, 2.45) is 0 Å². The third kappa shape index (κ3) is 2.09. The first-order valence-corrected chi connectivity index (χ1v) is 5.89. The minimum Gasteiger partial charge on any atom is -0.398 e. The van der Waals surface area contributed by atoms with Crippen molar-refractivity contribution in [2.75, 3.05) is 11.5 Å². The van der Waals surface area contributed by atoms with Gasteiger partial charge in [0.25, 0.3) is 0 Å². The Bertz CT molecular complexity index is 417. The predicted octanol–water partition coefficient (Wildman–Crippen LogP) is 0.738. The molecule has 5 N–H and O–H groups in total. The van der Waals surface area contributed by atoms with Gasteiger partial charge >= 0.3 is 0 Å². The summed E-state index contributed by atoms with van der Waals surface area (Å²) in [6.45, 7) is 1.73. The lowest BCUT2D eigenvalue weighted by Gasteiger charge is -2.07. The smallest absolute Gasteiger partial charge is 0.171 e. The summed E-state index contributed by atoms with van der Waals surface area (Å²) < 4.78 is 20.1. The largest absolute Gasteiger partial charge is 0.398 e. The third-order valence-corrected chi connectivity index (χ3v) is 3.17. The highest BCUT2D eigenvalue weighted by atomic mass is 32.8. The molecule has 1 aromatic rings. The zero-order valence-electron chi connectivity index (χ0n) is 6.98. The van der Waals surface area contributed by atoms with Crippen LogP contribution in [-0.4, -0.2) is 8.76 Å². The third-order valence-electron chi connectivity index (χ3n) is 1.76. The maximum Gasteiger partial charge on any atom is 0.171 e. The van der Waals surface area contributed by atoms with Crippen LogP contribution in [0.4, 0.5) is 11.4 Å². The minimum absolute atomic E-state index is 0.0862. The van der Waals surface area contributed by atoms with Gasteiger partial charge in [-0.3, -0.25) is 0 Å². The molecule has 1 rings (SSSR count). The molecule has 0 saturated heterocycles. The quantitative estimate of drug-likeness (QED) is 0.605. The zero-order valence-corrected chi connectivity index (χ0v) is 8.61. The van der Waals surface area contributed by atoms with Crippen LogP contribution < -0.4 is 11.5 Å². The van der Waals surface area contributed by atoms with Gasteiger partial charge in [0, 0.05) is 22.6 Å². The predicted molar refractivity (Wildman–Crippen MR) is 56.4 cm³/mol. The van der Waals surface area contributed by atoms with Crippen molar-refractivity contribution in [1.29, 1.82) is 0 Å². The zero-order chi connectivity index (χ0) is 10.2. The van der Waals surface area contributed by atoms with Crippen LogP contribution in [0.25, 0.3) is 0 Å². The van der Waals surface area contributed by atoms with E-state index in [-0.39, 0.29) is 4.90 Å². The lowest BCUT2D eigenvalue weighted by atomic mass is 10.2. The van der Waals surface area contributed by atoms with Crippen LogP contribution >= 0.6 is 0 Å². The van der Waals surface area contributed by atoms with E-state index >= 15 is 0 Å². The second-order valence-electron chi connectivity index (χ2n) is 2.70. The molecule has 0 radical (unpaired) electrons. The summed E-state index contributed by atoms with van der Waals surface area (Å²) in [5.74, 6) is 0. The van der Waals surface area contributed by atoms with Gasteiger partial charge in [-0.1, -0.05) is 0 Å². The fourth-order valence-electron chi connectivity index (χ4n) is 0.880. The molecular weight excluding hydrogens is 208 g/mol. The number of anilines is 2. The number of hydrogen-bond acceptors (Lipinski definition) is 4. The van der Waals surface area contributed by atoms with Crippen molar-refractivity contribution in [3.8, 4) is 0 Å². The molecule has 0 amide bonds. The average Bonchev–Trinajstić information content (AvgIpc) is 1.97. The van der Waals surface area contributed by atoms with E-state index in [1.807, 2.05) is 0 Å². The Morgan fingerprint density at radius 3 is 2.08 bits per heavy atom. The summed E-state index contributed by atoms with van der Waals surface area (Å²) in [5.41, 5.74) is 12.6. The maximum absolute atomic E-state index is 11.1. The normalized spacial score (nSPS) is 15.2. The van der Waals surface area contributed by atoms with Gasteiger partial charge in [0.2, 0.25) is 0 Å². The SMILES string of the molecule is Cc1c(N)cc(S(=O)(O)=S)cc1N. The van der Waals surface area contributed by atoms with Gasteiger partial charge in [-0.15, -0.1) is 0 Å². The van der Waals surface area contributed by atoms with Gasteiger partial charge < -0.3 is 16.0 Å². The van der Waals surface area contributed by atoms with Crippen molar-refractivity contribution < 1.29 is 8.76 Å². The number of hydrogen-bond donors (Lipinski definition) is 3. The highest BCUT2D eigenvalue weighted by Crippen LogP contribution is 2.23. The number of benzene rings is 1. The van der Waals surface area contributed by atoms with Crippen molar-refractivity contribution in [3.63, 3.8) is 0 Å². The van der Waals surface area contributed by atoms with Crippen molar-refractivity contribution in [2.45, 2.75) is 11.8 Å². The molecule has 72 valence electrons. The summed E-state index contributed by atoms with van der Waals surface area (Å²) in [6, 6.07) is 2.75. The molecule has 4 nitrogen and oxygen atoms in total. The van der Waals surface area contributed by atoms with Gasteiger partial charge in [-0.2, -0.15) is 0 Å². The summed E-state index contributed by atoms with van der Waals surface area (Å²) in [7, 11) is -3.39. The molecule has 0 saturated carbocycles. The molecule has 0 aromatic heterocycles. The molecule has 0 aliphatic heterocycles. The Hall–Kier alpha value is -0.850. The van der Waals surface area contributed by atoms with Crippen LogP contribution in [0.1, 0.15) is 5.56 Å². The van der Waals surface area contributed by atoms with Crippen molar-refractivity contribution in [1.82, 2.24) is 0 Å². The maximum atomic E-state index is 11.1. The number of nitrogens with two attached hydrogens (primary N) is 2. The summed E-state index contributed by atoms with van der Waals surface area (Å²) in [6.07, 6.45) is 0. The molecule has 0 bridgehead atoms. The Kier molecular flexibility index (Phi) is 2.47. The van der Waals surface area contributed by atoms with Crippen LogP contribution in [0, 0.1) is 6.92 Å². The lowest BCUT2D eigenvalue weighted by molar-refractivity contribution is 0.562. The molecule has 1 atom stereocenters. The van der Waals surface area contributed by atoms with E-state index in [1.54, 1.807) is 6.92 Å². The van der Waals surface area contributed by atoms with Gasteiger partial charge in [0.05, 0.1) is 4.90 Å². The fourth-order valence-corrected chi connectivity index (χ4v) is 1.72. The van der Waals surface area contributed by atoms with E-state index in [0.29, 0.717) is 16.9 Å². The second kappa shape index (κ2) is 3.13. The van der Waals surface area contributed by atoms with Crippen LogP contribution in [-0.2, 0) is 20.0 Å². The monoisotopic (exact) mass is 218 g/mol. The Labute approximate surface area is 81.4 Å². The minimum atomic E-state index is -3.39. The standard InChI is InChI=1S/C7H10N2O2S2/c1-4-6(8)2-5(3-7(4)9)13(10,11)12/h2-3H,8-9H2,1H3,(H,10,11,12). The summed E-state index contributed by atoms with van der Waals surface area (Å²) in [5, 5.41) is 0. The Balaban J connectivity index is 3.47. The molecule has 6 heteroatoms. The first-order valence-electron chi connectivity index (χ1n) is 3.45. The number of nitrogen functional groups attached to an aromatic ring is 2. The lowest BCUT2D eigenvalue weighted by Crippen LogP contribution is -2.02. The van der Waals surface area contributed by atoms with E-state index in [1.165, 1.54) is 12.1 Å². The van der Waals surface area contributed by atoms with Crippen LogP contribution in [0.2, 0.25) is 0 Å². The van der Waals surface area contributed by atoms with Crippen LogP contribution in [0.5, 0.6) is 0 Å². The van der Waals surface area contributed by atoms with Gasteiger partial charge in [-0.25, -0.2) is 4.21 Å². The highest BCUT2D eigenvalue weighted by molar-refractivity contribution is 8.29.